The van der Waals surface area contributed by atoms with Crippen LogP contribution in [0.4, 0.5) is 0 Å². The first-order valence-electron chi connectivity index (χ1n) is 6.65. The third kappa shape index (κ3) is 5.08. The van der Waals surface area contributed by atoms with Gasteiger partial charge in [-0.1, -0.05) is 44.8 Å². The lowest BCUT2D eigenvalue weighted by Crippen LogP contribution is -2.22. The van der Waals surface area contributed by atoms with Crippen LogP contribution in [0.2, 0.25) is 0 Å². The highest BCUT2D eigenvalue weighted by Crippen LogP contribution is 2.17. The molecule has 1 heterocycles. The summed E-state index contributed by atoms with van der Waals surface area (Å²) in [5.74, 6) is 1.21. The van der Waals surface area contributed by atoms with Crippen LogP contribution in [0.3, 0.4) is 0 Å². The number of nitrogens with two attached hydrogens (primary N) is 1. The van der Waals surface area contributed by atoms with Crippen LogP contribution in [0.25, 0.3) is 0 Å². The van der Waals surface area contributed by atoms with E-state index in [9.17, 15) is 0 Å². The molecule has 0 aliphatic carbocycles. The van der Waals surface area contributed by atoms with Crippen LogP contribution < -0.4 is 5.73 Å². The molecule has 6 heteroatoms. The maximum atomic E-state index is 5.80. The summed E-state index contributed by atoms with van der Waals surface area (Å²) < 4.78 is 1.70. The minimum absolute atomic E-state index is 0.313. The molecule has 0 aliphatic rings. The number of aromatic nitrogens is 4. The standard InChI is InChI=1S/C12H23N5S/c1-3-4-5-6-7-10(12(13)18)8-9-11-14-15-16-17(11)2/h10H,3-9H2,1-2H3,(H2,13,18). The van der Waals surface area contributed by atoms with Crippen LogP contribution in [0.1, 0.15) is 51.3 Å². The summed E-state index contributed by atoms with van der Waals surface area (Å²) in [7, 11) is 1.85. The Morgan fingerprint density at radius 2 is 2.11 bits per heavy atom. The Balaban J connectivity index is 2.34. The lowest BCUT2D eigenvalue weighted by Gasteiger charge is -2.14. The molecule has 18 heavy (non-hydrogen) atoms. The van der Waals surface area contributed by atoms with Crippen molar-refractivity contribution in [2.24, 2.45) is 18.7 Å². The van der Waals surface area contributed by atoms with E-state index < -0.39 is 0 Å². The van der Waals surface area contributed by atoms with Crippen molar-refractivity contribution in [2.75, 3.05) is 0 Å². The summed E-state index contributed by atoms with van der Waals surface area (Å²) in [4.78, 5) is 0.627. The lowest BCUT2D eigenvalue weighted by molar-refractivity contribution is 0.514. The molecule has 1 unspecified atom stereocenters. The largest absolute Gasteiger partial charge is 0.393 e. The van der Waals surface area contributed by atoms with Crippen molar-refractivity contribution in [3.05, 3.63) is 5.82 Å². The van der Waals surface area contributed by atoms with Gasteiger partial charge in [-0.05, 0) is 23.3 Å². The fraction of sp³-hybridized carbons (Fsp3) is 0.833. The molecule has 1 rings (SSSR count). The fourth-order valence-electron chi connectivity index (χ4n) is 2.01. The zero-order valence-corrected chi connectivity index (χ0v) is 12.1. The van der Waals surface area contributed by atoms with Crippen LogP contribution in [-0.2, 0) is 13.5 Å². The lowest BCUT2D eigenvalue weighted by atomic mass is 9.96. The summed E-state index contributed by atoms with van der Waals surface area (Å²) in [6, 6.07) is 0. The molecule has 5 nitrogen and oxygen atoms in total. The van der Waals surface area contributed by atoms with Gasteiger partial charge in [0.2, 0.25) is 0 Å². The van der Waals surface area contributed by atoms with E-state index in [4.69, 9.17) is 18.0 Å². The van der Waals surface area contributed by atoms with Gasteiger partial charge in [-0.15, -0.1) is 5.10 Å². The summed E-state index contributed by atoms with van der Waals surface area (Å²) in [5, 5.41) is 11.4. The Labute approximate surface area is 114 Å². The number of nitrogens with zero attached hydrogens (tertiary/aromatic N) is 4. The van der Waals surface area contributed by atoms with E-state index in [2.05, 4.69) is 22.4 Å². The van der Waals surface area contributed by atoms with E-state index in [1.54, 1.807) is 4.68 Å². The van der Waals surface area contributed by atoms with Gasteiger partial charge in [0.05, 0.1) is 4.99 Å². The number of rotatable bonds is 9. The number of tetrazole rings is 1. The number of unbranched alkanes of at least 4 members (excludes halogenated alkanes) is 3. The molecule has 0 aliphatic heterocycles. The molecule has 102 valence electrons. The van der Waals surface area contributed by atoms with E-state index in [1.165, 1.54) is 25.7 Å². The van der Waals surface area contributed by atoms with Crippen molar-refractivity contribution >= 4 is 17.2 Å². The minimum Gasteiger partial charge on any atom is -0.393 e. The monoisotopic (exact) mass is 269 g/mol. The van der Waals surface area contributed by atoms with Crippen molar-refractivity contribution < 1.29 is 0 Å². The molecule has 0 saturated carbocycles. The van der Waals surface area contributed by atoms with Gasteiger partial charge in [-0.2, -0.15) is 0 Å². The van der Waals surface area contributed by atoms with Crippen molar-refractivity contribution in [1.29, 1.82) is 0 Å². The molecule has 0 aromatic carbocycles. The molecule has 0 saturated heterocycles. The first-order chi connectivity index (χ1) is 8.65. The maximum Gasteiger partial charge on any atom is 0.150 e. The Morgan fingerprint density at radius 3 is 2.67 bits per heavy atom. The molecule has 1 atom stereocenters. The molecule has 1 aromatic rings. The van der Waals surface area contributed by atoms with E-state index in [1.807, 2.05) is 7.05 Å². The zero-order chi connectivity index (χ0) is 13.4. The molecule has 0 fully saturated rings. The molecule has 0 amide bonds. The smallest absolute Gasteiger partial charge is 0.150 e. The van der Waals surface area contributed by atoms with Gasteiger partial charge in [-0.25, -0.2) is 4.68 Å². The number of hydrogen-bond donors (Lipinski definition) is 1. The Hall–Kier alpha value is -1.04. The Kier molecular flexibility index (Phi) is 6.78. The van der Waals surface area contributed by atoms with Crippen LogP contribution in [-0.4, -0.2) is 25.2 Å². The normalized spacial score (nSPS) is 12.6. The number of aryl methyl sites for hydroxylation is 2. The zero-order valence-electron chi connectivity index (χ0n) is 11.3. The predicted molar refractivity (Wildman–Crippen MR) is 76.2 cm³/mol. The Morgan fingerprint density at radius 1 is 1.33 bits per heavy atom. The van der Waals surface area contributed by atoms with Gasteiger partial charge in [0.1, 0.15) is 0 Å². The summed E-state index contributed by atoms with van der Waals surface area (Å²) >= 11 is 5.14. The molecule has 0 radical (unpaired) electrons. The third-order valence-electron chi connectivity index (χ3n) is 3.23. The predicted octanol–water partition coefficient (Wildman–Crippen LogP) is 2.02. The van der Waals surface area contributed by atoms with Gasteiger partial charge in [-0.3, -0.25) is 0 Å². The van der Waals surface area contributed by atoms with Crippen LogP contribution in [0.5, 0.6) is 0 Å². The summed E-state index contributed by atoms with van der Waals surface area (Å²) in [6.45, 7) is 2.21. The second-order valence-corrected chi connectivity index (χ2v) is 5.18. The summed E-state index contributed by atoms with van der Waals surface area (Å²) in [6.07, 6.45) is 7.86. The number of thiocarbonyl (C=S) groups is 1. The highest BCUT2D eigenvalue weighted by atomic mass is 32.1. The first kappa shape index (κ1) is 15.0. The maximum absolute atomic E-state index is 5.80. The molecule has 0 spiro atoms. The van der Waals surface area contributed by atoms with Crippen LogP contribution >= 0.6 is 12.2 Å². The van der Waals surface area contributed by atoms with Crippen LogP contribution in [0, 0.1) is 5.92 Å². The average molecular weight is 269 g/mol. The molecular weight excluding hydrogens is 246 g/mol. The minimum atomic E-state index is 0.313. The Bertz CT molecular complexity index is 363. The van der Waals surface area contributed by atoms with E-state index >= 15 is 0 Å². The van der Waals surface area contributed by atoms with Crippen molar-refractivity contribution in [1.82, 2.24) is 20.2 Å². The van der Waals surface area contributed by atoms with Gasteiger partial charge < -0.3 is 5.73 Å². The molecule has 0 bridgehead atoms. The molecule has 2 N–H and O–H groups in total. The summed E-state index contributed by atoms with van der Waals surface area (Å²) in [5.41, 5.74) is 5.80. The van der Waals surface area contributed by atoms with Gasteiger partial charge >= 0.3 is 0 Å². The van der Waals surface area contributed by atoms with Crippen molar-refractivity contribution in [2.45, 2.75) is 51.9 Å². The second kappa shape index (κ2) is 8.13. The average Bonchev–Trinajstić information content (AvgIpc) is 2.73. The third-order valence-corrected chi connectivity index (χ3v) is 3.57. The molecular formula is C12H23N5S. The van der Waals surface area contributed by atoms with E-state index in [0.29, 0.717) is 10.9 Å². The first-order valence-corrected chi connectivity index (χ1v) is 7.06. The van der Waals surface area contributed by atoms with Crippen molar-refractivity contribution in [3.63, 3.8) is 0 Å². The quantitative estimate of drug-likeness (QED) is 0.548. The van der Waals surface area contributed by atoms with Gasteiger partial charge in [0.15, 0.2) is 5.82 Å². The number of hydrogen-bond acceptors (Lipinski definition) is 4. The molecule has 1 aromatic heterocycles. The van der Waals surface area contributed by atoms with E-state index in [-0.39, 0.29) is 0 Å². The van der Waals surface area contributed by atoms with Crippen LogP contribution in [0.15, 0.2) is 0 Å². The van der Waals surface area contributed by atoms with Crippen molar-refractivity contribution in [3.8, 4) is 0 Å². The topological polar surface area (TPSA) is 69.6 Å². The highest BCUT2D eigenvalue weighted by Gasteiger charge is 2.13. The second-order valence-electron chi connectivity index (χ2n) is 4.71. The highest BCUT2D eigenvalue weighted by molar-refractivity contribution is 7.80. The van der Waals surface area contributed by atoms with E-state index in [0.717, 1.165) is 25.1 Å². The SMILES string of the molecule is CCCCCCC(CCc1nnnn1C)C(N)=S. The fourth-order valence-corrected chi connectivity index (χ4v) is 2.25. The van der Waals surface area contributed by atoms with Gasteiger partial charge in [0, 0.05) is 19.4 Å². The van der Waals surface area contributed by atoms with Gasteiger partial charge in [0.25, 0.3) is 0 Å².